The van der Waals surface area contributed by atoms with Crippen LogP contribution in [0.15, 0.2) is 30.6 Å². The summed E-state index contributed by atoms with van der Waals surface area (Å²) in [6, 6.07) is 5.04. The van der Waals surface area contributed by atoms with E-state index in [9.17, 15) is 13.6 Å². The van der Waals surface area contributed by atoms with Gasteiger partial charge in [0.1, 0.15) is 17.5 Å². The van der Waals surface area contributed by atoms with Gasteiger partial charge in [-0.15, -0.1) is 6.42 Å². The first-order chi connectivity index (χ1) is 15.2. The molecule has 1 saturated carbocycles. The molecule has 166 valence electrons. The molecule has 0 radical (unpaired) electrons. The van der Waals surface area contributed by atoms with Gasteiger partial charge in [-0.2, -0.15) is 0 Å². The number of carbonyl (C=O) groups excluding carboxylic acids is 1. The zero-order valence-corrected chi connectivity index (χ0v) is 18.2. The Bertz CT molecular complexity index is 1220. The smallest absolute Gasteiger partial charge is 0.251 e. The minimum Gasteiger partial charge on any atom is -0.367 e. The lowest BCUT2D eigenvalue weighted by molar-refractivity contribution is 0.0947. The molecule has 3 aromatic rings. The molecule has 1 aliphatic rings. The Morgan fingerprint density at radius 3 is 2.78 bits per heavy atom. The predicted molar refractivity (Wildman–Crippen MR) is 120 cm³/mol. The van der Waals surface area contributed by atoms with E-state index in [0.29, 0.717) is 42.1 Å². The number of aryl methyl sites for hydroxylation is 1. The van der Waals surface area contributed by atoms with Crippen LogP contribution in [0.25, 0.3) is 16.9 Å². The first-order valence-corrected chi connectivity index (χ1v) is 10.5. The minimum absolute atomic E-state index is 0.279. The molecular formula is C24H25F2N5O. The molecule has 0 bridgehead atoms. The number of hydrogen-bond acceptors (Lipinski definition) is 4. The highest BCUT2D eigenvalue weighted by Gasteiger charge is 2.38. The number of carbonyl (C=O) groups is 1. The van der Waals surface area contributed by atoms with Crippen LogP contribution in [-0.4, -0.2) is 44.7 Å². The van der Waals surface area contributed by atoms with Crippen LogP contribution >= 0.6 is 0 Å². The van der Waals surface area contributed by atoms with Gasteiger partial charge in [-0.05, 0) is 50.8 Å². The van der Waals surface area contributed by atoms with Crippen molar-refractivity contribution in [1.29, 1.82) is 0 Å². The maximum Gasteiger partial charge on any atom is 0.251 e. The summed E-state index contributed by atoms with van der Waals surface area (Å²) in [6.45, 7) is 5.26. The van der Waals surface area contributed by atoms with Crippen LogP contribution in [0.3, 0.4) is 0 Å². The Balaban J connectivity index is 1.64. The van der Waals surface area contributed by atoms with Crippen molar-refractivity contribution in [2.24, 2.45) is 0 Å². The van der Waals surface area contributed by atoms with E-state index < -0.39 is 11.8 Å². The fraction of sp³-hybridized carbons (Fsp3) is 0.375. The minimum atomic E-state index is -1.30. The van der Waals surface area contributed by atoms with E-state index in [-0.39, 0.29) is 11.9 Å². The van der Waals surface area contributed by atoms with Gasteiger partial charge in [0, 0.05) is 30.3 Å². The van der Waals surface area contributed by atoms with Crippen molar-refractivity contribution in [3.05, 3.63) is 47.4 Å². The molecule has 1 aliphatic carbocycles. The first kappa shape index (κ1) is 21.8. The molecule has 1 aromatic carbocycles. The standard InChI is InChI=1S/C24H25F2N5O/c1-5-16-13-31-20(12-28-22(31)21(29-16)27-9-8-24(3,4)26)15-6-7-17(14(2)10-15)23(32)30-19-11-18(19)25/h1,6-7,10,12-13,18-19H,8-9,11H2,2-4H3,(H,27,29)(H,30,32). The number of amides is 1. The van der Waals surface area contributed by atoms with Crippen LogP contribution in [-0.2, 0) is 0 Å². The maximum absolute atomic E-state index is 13.8. The lowest BCUT2D eigenvalue weighted by Gasteiger charge is -2.15. The Kier molecular flexibility index (Phi) is 5.59. The van der Waals surface area contributed by atoms with Gasteiger partial charge < -0.3 is 10.6 Å². The number of anilines is 1. The number of alkyl halides is 2. The lowest BCUT2D eigenvalue weighted by atomic mass is 10.0. The third-order valence-corrected chi connectivity index (χ3v) is 5.45. The second-order valence-electron chi connectivity index (χ2n) is 8.71. The Morgan fingerprint density at radius 2 is 2.16 bits per heavy atom. The zero-order chi connectivity index (χ0) is 23.0. The average Bonchev–Trinajstić information content (AvgIpc) is 3.24. The van der Waals surface area contributed by atoms with Gasteiger partial charge >= 0.3 is 0 Å². The highest BCUT2D eigenvalue weighted by molar-refractivity contribution is 5.96. The van der Waals surface area contributed by atoms with Crippen molar-refractivity contribution in [2.75, 3.05) is 11.9 Å². The predicted octanol–water partition coefficient (Wildman–Crippen LogP) is 4.08. The van der Waals surface area contributed by atoms with E-state index in [0.717, 1.165) is 16.8 Å². The fourth-order valence-corrected chi connectivity index (χ4v) is 3.51. The molecule has 2 N–H and O–H groups in total. The number of aromatic nitrogens is 3. The summed E-state index contributed by atoms with van der Waals surface area (Å²) in [7, 11) is 0. The summed E-state index contributed by atoms with van der Waals surface area (Å²) in [5.74, 6) is 2.74. The van der Waals surface area contributed by atoms with Crippen molar-refractivity contribution in [3.63, 3.8) is 0 Å². The molecular weight excluding hydrogens is 412 g/mol. The van der Waals surface area contributed by atoms with Crippen LogP contribution in [0.2, 0.25) is 0 Å². The van der Waals surface area contributed by atoms with Gasteiger partial charge in [0.25, 0.3) is 5.91 Å². The van der Waals surface area contributed by atoms with Gasteiger partial charge in [-0.1, -0.05) is 6.07 Å². The van der Waals surface area contributed by atoms with E-state index >= 15 is 0 Å². The molecule has 0 aliphatic heterocycles. The number of imidazole rings is 1. The number of rotatable bonds is 7. The van der Waals surface area contributed by atoms with E-state index in [1.807, 2.05) is 23.5 Å². The SMILES string of the molecule is C#Cc1cn2c(-c3ccc(C(=O)NC4CC4F)c(C)c3)cnc2c(NCCC(C)(C)F)n1. The fourth-order valence-electron chi connectivity index (χ4n) is 3.51. The normalized spacial score (nSPS) is 17.8. The summed E-state index contributed by atoms with van der Waals surface area (Å²) < 4.78 is 28.8. The van der Waals surface area contributed by atoms with Crippen LogP contribution in [0.1, 0.15) is 48.3 Å². The number of terminal acetylenes is 1. The van der Waals surface area contributed by atoms with Crippen molar-refractivity contribution < 1.29 is 13.6 Å². The first-order valence-electron chi connectivity index (χ1n) is 10.5. The van der Waals surface area contributed by atoms with Gasteiger partial charge in [-0.25, -0.2) is 18.7 Å². The quantitative estimate of drug-likeness (QED) is 0.547. The molecule has 2 atom stereocenters. The van der Waals surface area contributed by atoms with E-state index in [1.54, 1.807) is 18.5 Å². The highest BCUT2D eigenvalue weighted by atomic mass is 19.1. The van der Waals surface area contributed by atoms with Crippen molar-refractivity contribution >= 4 is 17.4 Å². The molecule has 8 heteroatoms. The molecule has 2 aromatic heterocycles. The molecule has 1 fully saturated rings. The number of nitrogens with zero attached hydrogens (tertiary/aromatic N) is 3. The van der Waals surface area contributed by atoms with E-state index in [4.69, 9.17) is 6.42 Å². The average molecular weight is 437 g/mol. The highest BCUT2D eigenvalue weighted by Crippen LogP contribution is 2.28. The van der Waals surface area contributed by atoms with Gasteiger partial charge in [0.05, 0.1) is 17.9 Å². The van der Waals surface area contributed by atoms with E-state index in [1.165, 1.54) is 13.8 Å². The van der Waals surface area contributed by atoms with Gasteiger partial charge in [0.2, 0.25) is 0 Å². The Hall–Kier alpha value is -3.47. The molecule has 1 amide bonds. The second-order valence-corrected chi connectivity index (χ2v) is 8.71. The largest absolute Gasteiger partial charge is 0.367 e. The van der Waals surface area contributed by atoms with Crippen LogP contribution in [0.5, 0.6) is 0 Å². The molecule has 6 nitrogen and oxygen atoms in total. The number of benzene rings is 1. The third-order valence-electron chi connectivity index (χ3n) is 5.45. The van der Waals surface area contributed by atoms with Crippen LogP contribution in [0, 0.1) is 19.3 Å². The molecule has 32 heavy (non-hydrogen) atoms. The van der Waals surface area contributed by atoms with E-state index in [2.05, 4.69) is 26.5 Å². The molecule has 0 saturated heterocycles. The topological polar surface area (TPSA) is 71.3 Å². The van der Waals surface area contributed by atoms with Gasteiger partial charge in [-0.3, -0.25) is 9.20 Å². The number of halogens is 2. The van der Waals surface area contributed by atoms with Gasteiger partial charge in [0.15, 0.2) is 11.5 Å². The lowest BCUT2D eigenvalue weighted by Crippen LogP contribution is -2.27. The van der Waals surface area contributed by atoms with Crippen LogP contribution in [0.4, 0.5) is 14.6 Å². The summed E-state index contributed by atoms with van der Waals surface area (Å²) in [5.41, 5.74) is 2.56. The number of fused-ring (bicyclic) bond motifs is 1. The summed E-state index contributed by atoms with van der Waals surface area (Å²) in [4.78, 5) is 21.3. The third kappa shape index (κ3) is 4.57. The summed E-state index contributed by atoms with van der Waals surface area (Å²) in [5, 5.41) is 5.83. The molecule has 4 rings (SSSR count). The summed E-state index contributed by atoms with van der Waals surface area (Å²) >= 11 is 0. The Morgan fingerprint density at radius 1 is 1.41 bits per heavy atom. The second kappa shape index (κ2) is 8.23. The van der Waals surface area contributed by atoms with Crippen molar-refractivity contribution in [1.82, 2.24) is 19.7 Å². The molecule has 0 spiro atoms. The Labute approximate surface area is 185 Å². The molecule has 2 unspecified atom stereocenters. The maximum atomic E-state index is 13.8. The monoisotopic (exact) mass is 437 g/mol. The van der Waals surface area contributed by atoms with Crippen molar-refractivity contribution in [3.8, 4) is 23.6 Å². The van der Waals surface area contributed by atoms with Crippen molar-refractivity contribution in [2.45, 2.75) is 51.5 Å². The summed E-state index contributed by atoms with van der Waals surface area (Å²) in [6.07, 6.45) is 8.74. The number of nitrogens with one attached hydrogen (secondary N) is 2. The number of hydrogen-bond donors (Lipinski definition) is 2. The zero-order valence-electron chi connectivity index (χ0n) is 18.2. The molecule has 2 heterocycles. The van der Waals surface area contributed by atoms with Crippen LogP contribution < -0.4 is 10.6 Å².